The van der Waals surface area contributed by atoms with Gasteiger partial charge in [0.2, 0.25) is 0 Å². The van der Waals surface area contributed by atoms with Crippen LogP contribution in [0.1, 0.15) is 5.56 Å². The Labute approximate surface area is 116 Å². The average Bonchev–Trinajstić information content (AvgIpc) is 2.73. The first-order valence-corrected chi connectivity index (χ1v) is 6.06. The minimum Gasteiger partial charge on any atom is -0.478 e. The lowest BCUT2D eigenvalue weighted by molar-refractivity contribution is -0.135. The Balaban J connectivity index is 2.33. The van der Waals surface area contributed by atoms with E-state index < -0.39 is 17.4 Å². The number of carboxylic acids is 1. The molecule has 2 rings (SSSR count). The van der Waals surface area contributed by atoms with Gasteiger partial charge in [-0.05, 0) is 5.56 Å². The van der Waals surface area contributed by atoms with Crippen LogP contribution in [0.3, 0.4) is 0 Å². The third kappa shape index (κ3) is 2.85. The topological polar surface area (TPSA) is 63.6 Å². The Hall–Kier alpha value is -2.62. The van der Waals surface area contributed by atoms with Gasteiger partial charge in [-0.15, -0.1) is 0 Å². The fraction of sp³-hybridized carbons (Fsp3) is 0.125. The highest BCUT2D eigenvalue weighted by Crippen LogP contribution is 2.37. The van der Waals surface area contributed by atoms with Crippen LogP contribution in [0.2, 0.25) is 0 Å². The molecule has 1 fully saturated rings. The maximum Gasteiger partial charge on any atom is 0.334 e. The Morgan fingerprint density at radius 2 is 2.00 bits per heavy atom. The van der Waals surface area contributed by atoms with E-state index in [1.165, 1.54) is 6.08 Å². The second-order valence-electron chi connectivity index (χ2n) is 4.51. The zero-order valence-electron chi connectivity index (χ0n) is 10.8. The molecule has 1 aromatic carbocycles. The molecule has 1 aromatic rings. The highest BCUT2D eigenvalue weighted by Gasteiger charge is 2.40. The molecule has 0 bridgehead atoms. The molecule has 1 aliphatic heterocycles. The normalized spacial score (nSPS) is 22.6. The predicted molar refractivity (Wildman–Crippen MR) is 74.8 cm³/mol. The monoisotopic (exact) mass is 270 g/mol. The number of carbonyl (C=O) groups is 2. The standard InChI is InChI=1S/C16H14O4/c1-12-15(19)20-11-16(12,10-8-14(17)18)9-7-13-5-3-2-4-6-13/h2-10H,1,11H2,(H,17,18). The van der Waals surface area contributed by atoms with Crippen molar-refractivity contribution >= 4 is 18.0 Å². The van der Waals surface area contributed by atoms with Gasteiger partial charge in [0.1, 0.15) is 6.61 Å². The molecule has 1 saturated heterocycles. The molecule has 1 aliphatic rings. The van der Waals surface area contributed by atoms with Crippen LogP contribution >= 0.6 is 0 Å². The predicted octanol–water partition coefficient (Wildman–Crippen LogP) is 2.44. The van der Waals surface area contributed by atoms with Crippen LogP contribution in [0, 0.1) is 5.41 Å². The Morgan fingerprint density at radius 3 is 2.55 bits per heavy atom. The smallest absolute Gasteiger partial charge is 0.334 e. The van der Waals surface area contributed by atoms with E-state index in [9.17, 15) is 9.59 Å². The number of hydrogen-bond acceptors (Lipinski definition) is 3. The lowest BCUT2D eigenvalue weighted by atomic mass is 9.82. The lowest BCUT2D eigenvalue weighted by Crippen LogP contribution is -2.17. The summed E-state index contributed by atoms with van der Waals surface area (Å²) in [4.78, 5) is 22.2. The summed E-state index contributed by atoms with van der Waals surface area (Å²) >= 11 is 0. The molecule has 0 aromatic heterocycles. The molecule has 0 spiro atoms. The summed E-state index contributed by atoms with van der Waals surface area (Å²) in [5.41, 5.74) is 0.288. The quantitative estimate of drug-likeness (QED) is 0.674. The lowest BCUT2D eigenvalue weighted by Gasteiger charge is -2.17. The van der Waals surface area contributed by atoms with Gasteiger partial charge in [-0.3, -0.25) is 0 Å². The van der Waals surface area contributed by atoms with Crippen molar-refractivity contribution < 1.29 is 19.4 Å². The van der Waals surface area contributed by atoms with Crippen LogP contribution in [-0.2, 0) is 14.3 Å². The van der Waals surface area contributed by atoms with E-state index in [2.05, 4.69) is 6.58 Å². The van der Waals surface area contributed by atoms with E-state index in [0.717, 1.165) is 11.6 Å². The van der Waals surface area contributed by atoms with Crippen LogP contribution < -0.4 is 0 Å². The molecule has 0 saturated carbocycles. The minimum atomic E-state index is -1.08. The summed E-state index contributed by atoms with van der Waals surface area (Å²) in [6.07, 6.45) is 6.00. The first kappa shape index (κ1) is 13.8. The van der Waals surface area contributed by atoms with E-state index in [1.807, 2.05) is 36.4 Å². The molecular formula is C16H14O4. The second kappa shape index (κ2) is 5.57. The first-order chi connectivity index (χ1) is 9.53. The van der Waals surface area contributed by atoms with E-state index >= 15 is 0 Å². The highest BCUT2D eigenvalue weighted by molar-refractivity contribution is 5.93. The summed E-state index contributed by atoms with van der Waals surface area (Å²) in [5.74, 6) is -1.58. The van der Waals surface area contributed by atoms with Crippen molar-refractivity contribution in [1.82, 2.24) is 0 Å². The van der Waals surface area contributed by atoms with E-state index in [1.54, 1.807) is 6.08 Å². The maximum atomic E-state index is 11.5. The third-order valence-corrected chi connectivity index (χ3v) is 3.15. The van der Waals surface area contributed by atoms with Crippen molar-refractivity contribution in [3.8, 4) is 0 Å². The number of cyclic esters (lactones) is 1. The van der Waals surface area contributed by atoms with Gasteiger partial charge in [0, 0.05) is 11.6 Å². The largest absolute Gasteiger partial charge is 0.478 e. The molecule has 20 heavy (non-hydrogen) atoms. The molecule has 1 N–H and O–H groups in total. The zero-order chi connectivity index (χ0) is 14.6. The molecule has 0 amide bonds. The molecule has 0 aliphatic carbocycles. The number of aliphatic carboxylic acids is 1. The summed E-state index contributed by atoms with van der Waals surface area (Å²) in [5, 5.41) is 8.76. The van der Waals surface area contributed by atoms with Gasteiger partial charge in [-0.2, -0.15) is 0 Å². The van der Waals surface area contributed by atoms with E-state index in [0.29, 0.717) is 0 Å². The number of benzene rings is 1. The van der Waals surface area contributed by atoms with Crippen molar-refractivity contribution in [3.63, 3.8) is 0 Å². The van der Waals surface area contributed by atoms with Gasteiger partial charge < -0.3 is 9.84 Å². The van der Waals surface area contributed by atoms with Crippen molar-refractivity contribution in [1.29, 1.82) is 0 Å². The molecule has 1 unspecified atom stereocenters. The number of esters is 1. The third-order valence-electron chi connectivity index (χ3n) is 3.15. The van der Waals surface area contributed by atoms with Gasteiger partial charge in [-0.1, -0.05) is 55.1 Å². The van der Waals surface area contributed by atoms with E-state index in [4.69, 9.17) is 9.84 Å². The number of hydrogen-bond donors (Lipinski definition) is 1. The number of carboxylic acid groups (broad SMARTS) is 1. The fourth-order valence-corrected chi connectivity index (χ4v) is 1.93. The van der Waals surface area contributed by atoms with Gasteiger partial charge in [0.25, 0.3) is 0 Å². The highest BCUT2D eigenvalue weighted by atomic mass is 16.5. The molecule has 1 heterocycles. The molecule has 1 atom stereocenters. The summed E-state index contributed by atoms with van der Waals surface area (Å²) in [6.45, 7) is 3.78. The van der Waals surface area contributed by atoms with Gasteiger partial charge in [0.05, 0.1) is 5.41 Å². The van der Waals surface area contributed by atoms with Crippen LogP contribution in [0.15, 0.2) is 60.7 Å². The van der Waals surface area contributed by atoms with Crippen LogP contribution in [0.5, 0.6) is 0 Å². The summed E-state index contributed by atoms with van der Waals surface area (Å²) < 4.78 is 4.97. The van der Waals surface area contributed by atoms with Gasteiger partial charge >= 0.3 is 11.9 Å². The number of rotatable bonds is 4. The van der Waals surface area contributed by atoms with Crippen LogP contribution in [-0.4, -0.2) is 23.7 Å². The maximum absolute atomic E-state index is 11.5. The van der Waals surface area contributed by atoms with Crippen molar-refractivity contribution in [3.05, 3.63) is 66.3 Å². The Bertz CT molecular complexity index is 598. The molecule has 4 heteroatoms. The van der Waals surface area contributed by atoms with Crippen LogP contribution in [0.4, 0.5) is 0 Å². The zero-order valence-corrected chi connectivity index (χ0v) is 10.8. The first-order valence-electron chi connectivity index (χ1n) is 6.06. The second-order valence-corrected chi connectivity index (χ2v) is 4.51. The molecule has 4 nitrogen and oxygen atoms in total. The van der Waals surface area contributed by atoms with Crippen LogP contribution in [0.25, 0.3) is 6.08 Å². The van der Waals surface area contributed by atoms with Crippen molar-refractivity contribution in [2.75, 3.05) is 6.61 Å². The molecular weight excluding hydrogens is 256 g/mol. The minimum absolute atomic E-state index is 0.0672. The molecule has 0 radical (unpaired) electrons. The summed E-state index contributed by atoms with van der Waals surface area (Å²) in [7, 11) is 0. The number of ether oxygens (including phenoxy) is 1. The fourth-order valence-electron chi connectivity index (χ4n) is 1.93. The van der Waals surface area contributed by atoms with Crippen molar-refractivity contribution in [2.45, 2.75) is 0 Å². The Morgan fingerprint density at radius 1 is 1.30 bits per heavy atom. The Kier molecular flexibility index (Phi) is 3.84. The van der Waals surface area contributed by atoms with Gasteiger partial charge in [0.15, 0.2) is 0 Å². The summed E-state index contributed by atoms with van der Waals surface area (Å²) in [6, 6.07) is 9.50. The average molecular weight is 270 g/mol. The molecule has 102 valence electrons. The van der Waals surface area contributed by atoms with E-state index in [-0.39, 0.29) is 12.2 Å². The number of carbonyl (C=O) groups excluding carboxylic acids is 1. The SMILES string of the molecule is C=C1C(=O)OCC1(C=CC(=O)O)C=Cc1ccccc1. The van der Waals surface area contributed by atoms with Crippen molar-refractivity contribution in [2.24, 2.45) is 5.41 Å². The van der Waals surface area contributed by atoms with Gasteiger partial charge in [-0.25, -0.2) is 9.59 Å².